The van der Waals surface area contributed by atoms with Crippen molar-refractivity contribution in [1.82, 2.24) is 35.1 Å². The van der Waals surface area contributed by atoms with Crippen LogP contribution in [0.4, 0.5) is 10.8 Å². The number of benzene rings is 1. The highest BCUT2D eigenvalue weighted by molar-refractivity contribution is 5.74. The van der Waals surface area contributed by atoms with Gasteiger partial charge in [0.15, 0.2) is 0 Å². The van der Waals surface area contributed by atoms with Crippen molar-refractivity contribution < 1.29 is 14.1 Å². The number of piperazine rings is 2. The maximum absolute atomic E-state index is 12.7. The highest BCUT2D eigenvalue weighted by atomic mass is 16.5. The van der Waals surface area contributed by atoms with Crippen LogP contribution in [0.3, 0.4) is 0 Å². The Morgan fingerprint density at radius 2 is 1.74 bits per heavy atom. The van der Waals surface area contributed by atoms with E-state index in [1.165, 1.54) is 0 Å². The van der Waals surface area contributed by atoms with Gasteiger partial charge in [0.05, 0.1) is 12.8 Å². The zero-order valence-corrected chi connectivity index (χ0v) is 22.0. The van der Waals surface area contributed by atoms with Crippen molar-refractivity contribution in [3.8, 4) is 17.1 Å². The quantitative estimate of drug-likeness (QED) is 0.425. The molecule has 202 valence electrons. The lowest BCUT2D eigenvalue weighted by Crippen LogP contribution is -2.52. The smallest absolute Gasteiger partial charge is 0.324 e. The molecule has 2 aliphatic rings. The molecule has 3 aromatic rings. The maximum atomic E-state index is 12.7. The van der Waals surface area contributed by atoms with Crippen molar-refractivity contribution in [2.45, 2.75) is 13.0 Å². The average molecular weight is 521 g/mol. The zero-order chi connectivity index (χ0) is 26.2. The van der Waals surface area contributed by atoms with E-state index in [9.17, 15) is 4.79 Å². The van der Waals surface area contributed by atoms with Gasteiger partial charge in [-0.3, -0.25) is 9.88 Å². The molecule has 11 nitrogen and oxygen atoms in total. The Morgan fingerprint density at radius 1 is 0.974 bits per heavy atom. The van der Waals surface area contributed by atoms with Crippen LogP contribution in [0, 0.1) is 0 Å². The third-order valence-electron chi connectivity index (χ3n) is 7.10. The Hall–Kier alpha value is -3.70. The van der Waals surface area contributed by atoms with E-state index in [0.29, 0.717) is 44.6 Å². The number of rotatable bonds is 9. The van der Waals surface area contributed by atoms with Gasteiger partial charge in [-0.25, -0.2) is 4.79 Å². The second kappa shape index (κ2) is 12.7. The number of ether oxygens (including phenoxy) is 1. The van der Waals surface area contributed by atoms with Crippen molar-refractivity contribution >= 4 is 12.0 Å². The molecule has 0 unspecified atom stereocenters. The van der Waals surface area contributed by atoms with Gasteiger partial charge in [-0.05, 0) is 49.4 Å². The van der Waals surface area contributed by atoms with Gasteiger partial charge in [0, 0.05) is 77.2 Å². The molecule has 0 bridgehead atoms. The van der Waals surface area contributed by atoms with E-state index >= 15 is 0 Å². The molecule has 2 aromatic heterocycles. The molecule has 11 heteroatoms. The van der Waals surface area contributed by atoms with Gasteiger partial charge in [-0.15, -0.1) is 0 Å². The molecule has 2 amide bonds. The van der Waals surface area contributed by atoms with E-state index in [1.807, 2.05) is 52.4 Å². The summed E-state index contributed by atoms with van der Waals surface area (Å²) in [5.41, 5.74) is 1.99. The molecule has 0 atom stereocenters. The molecule has 0 radical (unpaired) electrons. The lowest BCUT2D eigenvalue weighted by atomic mass is 10.2. The normalized spacial score (nSPS) is 17.0. The van der Waals surface area contributed by atoms with Crippen LogP contribution in [0.1, 0.15) is 12.1 Å². The SMILES string of the molecule is COc1ccc(-c2noc(N3CCN(C(=O)NCCCN4CCN(Cc5ccccn5)CC4)CC3)n2)cc1. The maximum Gasteiger partial charge on any atom is 0.324 e. The minimum absolute atomic E-state index is 0.00530. The first-order valence-electron chi connectivity index (χ1n) is 13.3. The standard InChI is InChI=1S/C27H36N8O3/c1-37-24-8-6-22(7-9-24)25-30-27(38-31-25)35-19-17-34(18-20-35)26(36)29-11-4-12-32-13-15-33(16-14-32)21-23-5-2-3-10-28-23/h2-3,5-10H,4,11-21H2,1H3,(H,29,36). The largest absolute Gasteiger partial charge is 0.497 e. The van der Waals surface area contributed by atoms with Crippen LogP contribution in [-0.4, -0.2) is 108 Å². The predicted octanol–water partition coefficient (Wildman–Crippen LogP) is 2.18. The number of nitrogens with one attached hydrogen (secondary N) is 1. The van der Waals surface area contributed by atoms with Gasteiger partial charge in [0.2, 0.25) is 5.82 Å². The van der Waals surface area contributed by atoms with Crippen LogP contribution < -0.4 is 15.0 Å². The number of urea groups is 1. The van der Waals surface area contributed by atoms with Gasteiger partial charge in [0.1, 0.15) is 5.75 Å². The lowest BCUT2D eigenvalue weighted by Gasteiger charge is -2.35. The second-order valence-corrected chi connectivity index (χ2v) is 9.63. The molecular formula is C27H36N8O3. The Morgan fingerprint density at radius 3 is 2.45 bits per heavy atom. The molecule has 4 heterocycles. The van der Waals surface area contributed by atoms with Crippen LogP contribution in [0.2, 0.25) is 0 Å². The zero-order valence-electron chi connectivity index (χ0n) is 22.0. The van der Waals surface area contributed by atoms with E-state index in [1.54, 1.807) is 7.11 Å². The van der Waals surface area contributed by atoms with Crippen LogP contribution in [0.15, 0.2) is 53.2 Å². The number of anilines is 1. The topological polar surface area (TPSA) is 103 Å². The number of nitrogens with zero attached hydrogens (tertiary/aromatic N) is 7. The van der Waals surface area contributed by atoms with E-state index in [0.717, 1.165) is 62.7 Å². The summed E-state index contributed by atoms with van der Waals surface area (Å²) in [4.78, 5) is 30.4. The Kier molecular flexibility index (Phi) is 8.67. The van der Waals surface area contributed by atoms with Gasteiger partial charge in [-0.1, -0.05) is 11.2 Å². The van der Waals surface area contributed by atoms with Gasteiger partial charge >= 0.3 is 12.0 Å². The van der Waals surface area contributed by atoms with Crippen LogP contribution >= 0.6 is 0 Å². The highest BCUT2D eigenvalue weighted by Crippen LogP contribution is 2.23. The second-order valence-electron chi connectivity index (χ2n) is 9.63. The van der Waals surface area contributed by atoms with E-state index in [4.69, 9.17) is 9.26 Å². The Labute approximate surface area is 223 Å². The molecule has 1 N–H and O–H groups in total. The number of hydrogen-bond acceptors (Lipinski definition) is 9. The van der Waals surface area contributed by atoms with E-state index in [2.05, 4.69) is 36.3 Å². The van der Waals surface area contributed by atoms with Crippen molar-refractivity contribution in [1.29, 1.82) is 0 Å². The van der Waals surface area contributed by atoms with Crippen molar-refractivity contribution in [2.75, 3.05) is 77.5 Å². The van der Waals surface area contributed by atoms with Gasteiger partial charge < -0.3 is 29.3 Å². The summed E-state index contributed by atoms with van der Waals surface area (Å²) in [6.07, 6.45) is 2.80. The number of amides is 2. The van der Waals surface area contributed by atoms with Crippen molar-refractivity contribution in [3.05, 3.63) is 54.4 Å². The predicted molar refractivity (Wildman–Crippen MR) is 144 cm³/mol. The summed E-state index contributed by atoms with van der Waals surface area (Å²) < 4.78 is 10.7. The first-order valence-corrected chi connectivity index (χ1v) is 13.3. The molecule has 38 heavy (non-hydrogen) atoms. The molecule has 2 saturated heterocycles. The number of carbonyl (C=O) groups is 1. The molecule has 0 aliphatic carbocycles. The summed E-state index contributed by atoms with van der Waals surface area (Å²) in [6.45, 7) is 9.34. The molecule has 2 aliphatic heterocycles. The summed E-state index contributed by atoms with van der Waals surface area (Å²) >= 11 is 0. The number of hydrogen-bond donors (Lipinski definition) is 1. The monoisotopic (exact) mass is 520 g/mol. The average Bonchev–Trinajstić information content (AvgIpc) is 3.47. The fourth-order valence-electron chi connectivity index (χ4n) is 4.80. The van der Waals surface area contributed by atoms with E-state index < -0.39 is 0 Å². The highest BCUT2D eigenvalue weighted by Gasteiger charge is 2.24. The van der Waals surface area contributed by atoms with Crippen LogP contribution in [0.5, 0.6) is 5.75 Å². The van der Waals surface area contributed by atoms with Crippen molar-refractivity contribution in [2.24, 2.45) is 0 Å². The number of pyridine rings is 1. The van der Waals surface area contributed by atoms with Crippen LogP contribution in [-0.2, 0) is 6.54 Å². The first-order chi connectivity index (χ1) is 18.7. The lowest BCUT2D eigenvalue weighted by molar-refractivity contribution is 0.125. The number of aromatic nitrogens is 3. The molecule has 0 spiro atoms. The van der Waals surface area contributed by atoms with Crippen molar-refractivity contribution in [3.63, 3.8) is 0 Å². The fraction of sp³-hybridized carbons (Fsp3) is 0.481. The first kappa shape index (κ1) is 25.9. The Balaban J connectivity index is 0.970. The minimum Gasteiger partial charge on any atom is -0.497 e. The molecule has 2 fully saturated rings. The molecular weight excluding hydrogens is 484 g/mol. The third kappa shape index (κ3) is 6.78. The van der Waals surface area contributed by atoms with Gasteiger partial charge in [-0.2, -0.15) is 4.98 Å². The summed E-state index contributed by atoms with van der Waals surface area (Å²) in [6, 6.07) is 14.1. The fourth-order valence-corrected chi connectivity index (χ4v) is 4.80. The van der Waals surface area contributed by atoms with E-state index in [-0.39, 0.29) is 6.03 Å². The van der Waals surface area contributed by atoms with Crippen LogP contribution in [0.25, 0.3) is 11.4 Å². The van der Waals surface area contributed by atoms with Gasteiger partial charge in [0.25, 0.3) is 0 Å². The summed E-state index contributed by atoms with van der Waals surface area (Å²) in [7, 11) is 1.63. The molecule has 5 rings (SSSR count). The Bertz CT molecular complexity index is 1140. The molecule has 0 saturated carbocycles. The minimum atomic E-state index is -0.00530. The summed E-state index contributed by atoms with van der Waals surface area (Å²) in [5.74, 6) is 1.32. The summed E-state index contributed by atoms with van der Waals surface area (Å²) in [5, 5.41) is 7.20. The third-order valence-corrected chi connectivity index (χ3v) is 7.10. The molecule has 1 aromatic carbocycles. The number of methoxy groups -OCH3 is 1. The number of carbonyl (C=O) groups excluding carboxylic acids is 1.